The Hall–Kier alpha value is -2.41. The molecule has 4 rings (SSSR count). The Morgan fingerprint density at radius 3 is 3.12 bits per heavy atom. The molecule has 1 aromatic carbocycles. The van der Waals surface area contributed by atoms with Crippen LogP contribution in [-0.4, -0.2) is 20.7 Å². The molecule has 1 atom stereocenters. The van der Waals surface area contributed by atoms with E-state index in [1.54, 1.807) is 0 Å². The van der Waals surface area contributed by atoms with Crippen LogP contribution in [0.5, 0.6) is 0 Å². The molecule has 1 unspecified atom stereocenters. The van der Waals surface area contributed by atoms with Crippen molar-refractivity contribution in [3.63, 3.8) is 0 Å². The summed E-state index contributed by atoms with van der Waals surface area (Å²) in [6.45, 7) is 2.01. The summed E-state index contributed by atoms with van der Waals surface area (Å²) in [5.74, 6) is -0.0784. The number of anilines is 1. The van der Waals surface area contributed by atoms with Crippen LogP contribution in [0.3, 0.4) is 0 Å². The third-order valence-electron chi connectivity index (χ3n) is 4.63. The maximum atomic E-state index is 12.9. The van der Waals surface area contributed by atoms with E-state index in [-0.39, 0.29) is 11.9 Å². The average Bonchev–Trinajstić information content (AvgIpc) is 3.07. The normalized spacial score (nSPS) is 17.0. The number of nitrogens with two attached hydrogens (primary N) is 1. The van der Waals surface area contributed by atoms with Gasteiger partial charge in [-0.2, -0.15) is 5.10 Å². The highest BCUT2D eigenvalue weighted by Crippen LogP contribution is 2.33. The number of thiazole rings is 1. The number of fused-ring (bicyclic) bond motifs is 2. The molecule has 24 heavy (non-hydrogen) atoms. The van der Waals surface area contributed by atoms with Crippen molar-refractivity contribution in [3.8, 4) is 0 Å². The van der Waals surface area contributed by atoms with Crippen molar-refractivity contribution >= 4 is 32.6 Å². The molecule has 3 N–H and O–H groups in total. The molecule has 1 aliphatic carbocycles. The van der Waals surface area contributed by atoms with E-state index in [4.69, 9.17) is 5.73 Å². The van der Waals surface area contributed by atoms with Crippen LogP contribution >= 0.6 is 11.3 Å². The first-order valence-electron chi connectivity index (χ1n) is 8.03. The van der Waals surface area contributed by atoms with E-state index < -0.39 is 0 Å². The standard InChI is InChI=1S/C17H19N5OS/c1-9-14-11(6-4-8-13(14)22(2)21-9)19-16(23)10-5-3-7-12-15(10)24-17(18)20-12/h3,5,7,11H,4,6,8H2,1-2H3,(H2,18,20)(H,19,23). The number of nitrogen functional groups attached to an aromatic ring is 1. The zero-order valence-electron chi connectivity index (χ0n) is 13.7. The molecule has 2 heterocycles. The van der Waals surface area contributed by atoms with Gasteiger partial charge in [0.25, 0.3) is 5.91 Å². The average molecular weight is 341 g/mol. The van der Waals surface area contributed by atoms with Gasteiger partial charge in [-0.15, -0.1) is 0 Å². The highest BCUT2D eigenvalue weighted by atomic mass is 32.1. The summed E-state index contributed by atoms with van der Waals surface area (Å²) in [5.41, 5.74) is 10.6. The predicted octanol–water partition coefficient (Wildman–Crippen LogP) is 2.73. The van der Waals surface area contributed by atoms with Crippen molar-refractivity contribution in [1.29, 1.82) is 0 Å². The van der Waals surface area contributed by atoms with E-state index in [0.29, 0.717) is 10.7 Å². The molecule has 0 aliphatic heterocycles. The minimum absolute atomic E-state index is 0.00970. The Bertz CT molecular complexity index is 942. The Balaban J connectivity index is 1.68. The summed E-state index contributed by atoms with van der Waals surface area (Å²) in [4.78, 5) is 17.1. The summed E-state index contributed by atoms with van der Waals surface area (Å²) in [5, 5.41) is 8.19. The van der Waals surface area contributed by atoms with Gasteiger partial charge in [-0.05, 0) is 38.3 Å². The molecular formula is C17H19N5OS. The largest absolute Gasteiger partial charge is 0.375 e. The van der Waals surface area contributed by atoms with Crippen LogP contribution in [0.4, 0.5) is 5.13 Å². The smallest absolute Gasteiger partial charge is 0.253 e. The number of aryl methyl sites for hydroxylation is 2. The molecule has 124 valence electrons. The van der Waals surface area contributed by atoms with Gasteiger partial charge in [-0.1, -0.05) is 17.4 Å². The first-order chi connectivity index (χ1) is 11.5. The minimum atomic E-state index is -0.0784. The monoisotopic (exact) mass is 341 g/mol. The predicted molar refractivity (Wildman–Crippen MR) is 95.1 cm³/mol. The van der Waals surface area contributed by atoms with Crippen LogP contribution < -0.4 is 11.1 Å². The third kappa shape index (κ3) is 2.36. The number of nitrogens with one attached hydrogen (secondary N) is 1. The fourth-order valence-electron chi connectivity index (χ4n) is 3.62. The van der Waals surface area contributed by atoms with Crippen molar-refractivity contribution in [1.82, 2.24) is 20.1 Å². The van der Waals surface area contributed by atoms with Crippen LogP contribution in [0.25, 0.3) is 10.2 Å². The Morgan fingerprint density at radius 1 is 1.46 bits per heavy atom. The van der Waals surface area contributed by atoms with Gasteiger partial charge < -0.3 is 11.1 Å². The second kappa shape index (κ2) is 5.59. The van der Waals surface area contributed by atoms with Gasteiger partial charge in [0.15, 0.2) is 5.13 Å². The third-order valence-corrected chi connectivity index (χ3v) is 5.56. The van der Waals surface area contributed by atoms with Crippen molar-refractivity contribution in [2.24, 2.45) is 7.05 Å². The molecule has 0 radical (unpaired) electrons. The summed E-state index contributed by atoms with van der Waals surface area (Å²) in [6.07, 6.45) is 3.00. The van der Waals surface area contributed by atoms with Crippen LogP contribution in [0.1, 0.15) is 46.2 Å². The number of nitrogens with zero attached hydrogens (tertiary/aromatic N) is 3. The maximum absolute atomic E-state index is 12.9. The minimum Gasteiger partial charge on any atom is -0.375 e. The van der Waals surface area contributed by atoms with Gasteiger partial charge in [0.2, 0.25) is 0 Å². The summed E-state index contributed by atoms with van der Waals surface area (Å²) < 4.78 is 2.78. The summed E-state index contributed by atoms with van der Waals surface area (Å²) >= 11 is 1.35. The summed E-state index contributed by atoms with van der Waals surface area (Å²) in [6, 6.07) is 5.56. The first-order valence-corrected chi connectivity index (χ1v) is 8.84. The number of carbonyl (C=O) groups is 1. The SMILES string of the molecule is Cc1nn(C)c2c1C(NC(=O)c1cccc3nc(N)sc13)CCC2. The lowest BCUT2D eigenvalue weighted by Crippen LogP contribution is -2.31. The lowest BCUT2D eigenvalue weighted by molar-refractivity contribution is 0.0934. The van der Waals surface area contributed by atoms with Crippen molar-refractivity contribution in [2.45, 2.75) is 32.2 Å². The zero-order chi connectivity index (χ0) is 16.8. The van der Waals surface area contributed by atoms with Crippen molar-refractivity contribution in [2.75, 3.05) is 5.73 Å². The van der Waals surface area contributed by atoms with E-state index in [0.717, 1.165) is 35.2 Å². The quantitative estimate of drug-likeness (QED) is 0.750. The first kappa shape index (κ1) is 15.1. The van der Waals surface area contributed by atoms with Gasteiger partial charge >= 0.3 is 0 Å². The van der Waals surface area contributed by atoms with E-state index >= 15 is 0 Å². The van der Waals surface area contributed by atoms with Gasteiger partial charge in [-0.3, -0.25) is 9.48 Å². The number of benzene rings is 1. The second-order valence-electron chi connectivity index (χ2n) is 6.19. The fourth-order valence-corrected chi connectivity index (χ4v) is 4.46. The fraction of sp³-hybridized carbons (Fsp3) is 0.353. The van der Waals surface area contributed by atoms with Gasteiger partial charge in [0.1, 0.15) is 0 Å². The number of rotatable bonds is 2. The van der Waals surface area contributed by atoms with Crippen molar-refractivity contribution in [3.05, 3.63) is 40.7 Å². The highest BCUT2D eigenvalue weighted by Gasteiger charge is 2.28. The molecule has 1 aliphatic rings. The van der Waals surface area contributed by atoms with Gasteiger partial charge in [0, 0.05) is 18.3 Å². The number of carbonyl (C=O) groups excluding carboxylic acids is 1. The second-order valence-corrected chi connectivity index (χ2v) is 7.22. The Kier molecular flexibility index (Phi) is 3.53. The molecule has 7 heteroatoms. The van der Waals surface area contributed by atoms with E-state index in [2.05, 4.69) is 15.4 Å². The van der Waals surface area contributed by atoms with Gasteiger partial charge in [-0.25, -0.2) is 4.98 Å². The topological polar surface area (TPSA) is 85.8 Å². The van der Waals surface area contributed by atoms with Crippen molar-refractivity contribution < 1.29 is 4.79 Å². The Morgan fingerprint density at radius 2 is 2.29 bits per heavy atom. The molecule has 0 fully saturated rings. The molecule has 6 nitrogen and oxygen atoms in total. The van der Waals surface area contributed by atoms with E-state index in [1.165, 1.54) is 22.6 Å². The lowest BCUT2D eigenvalue weighted by atomic mass is 9.90. The van der Waals surface area contributed by atoms with Crippen LogP contribution in [0.15, 0.2) is 18.2 Å². The molecule has 2 aromatic heterocycles. The van der Waals surface area contributed by atoms with Gasteiger partial charge in [0.05, 0.1) is 27.5 Å². The van der Waals surface area contributed by atoms with Crippen LogP contribution in [-0.2, 0) is 13.5 Å². The van der Waals surface area contributed by atoms with E-state index in [9.17, 15) is 4.79 Å². The highest BCUT2D eigenvalue weighted by molar-refractivity contribution is 7.22. The number of hydrogen-bond acceptors (Lipinski definition) is 5. The lowest BCUT2D eigenvalue weighted by Gasteiger charge is -2.24. The number of amides is 1. The maximum Gasteiger partial charge on any atom is 0.253 e. The van der Waals surface area contributed by atoms with Crippen LogP contribution in [0.2, 0.25) is 0 Å². The molecule has 0 spiro atoms. The van der Waals surface area contributed by atoms with E-state index in [1.807, 2.05) is 36.9 Å². The summed E-state index contributed by atoms with van der Waals surface area (Å²) in [7, 11) is 1.97. The van der Waals surface area contributed by atoms with Crippen LogP contribution in [0, 0.1) is 6.92 Å². The Labute approximate surface area is 143 Å². The molecular weight excluding hydrogens is 322 g/mol. The molecule has 0 saturated carbocycles. The zero-order valence-corrected chi connectivity index (χ0v) is 14.5. The molecule has 1 amide bonds. The number of aromatic nitrogens is 3. The number of hydrogen-bond donors (Lipinski definition) is 2. The molecule has 3 aromatic rings. The molecule has 0 bridgehead atoms. The molecule has 0 saturated heterocycles.